The van der Waals surface area contributed by atoms with Crippen molar-refractivity contribution in [2.75, 3.05) is 13.6 Å². The van der Waals surface area contributed by atoms with Crippen molar-refractivity contribution in [3.05, 3.63) is 35.4 Å². The molecule has 1 aromatic rings. The van der Waals surface area contributed by atoms with Gasteiger partial charge in [-0.15, -0.1) is 0 Å². The third-order valence-corrected chi connectivity index (χ3v) is 2.96. The van der Waals surface area contributed by atoms with Gasteiger partial charge in [-0.1, -0.05) is 24.3 Å². The van der Waals surface area contributed by atoms with Gasteiger partial charge in [-0.05, 0) is 24.5 Å². The first-order valence-corrected chi connectivity index (χ1v) is 6.01. The minimum atomic E-state index is -0.935. The molecule has 1 amide bonds. The van der Waals surface area contributed by atoms with E-state index in [0.717, 1.165) is 6.42 Å². The lowest BCUT2D eigenvalue weighted by atomic mass is 10.1. The van der Waals surface area contributed by atoms with E-state index in [9.17, 15) is 9.59 Å². The van der Waals surface area contributed by atoms with Gasteiger partial charge >= 0.3 is 5.97 Å². The maximum Gasteiger partial charge on any atom is 0.303 e. The molecule has 0 unspecified atom stereocenters. The number of amides is 1. The summed E-state index contributed by atoms with van der Waals surface area (Å²) in [4.78, 5) is 23.6. The van der Waals surface area contributed by atoms with Gasteiger partial charge in [0.05, 0.1) is 6.42 Å². The van der Waals surface area contributed by atoms with Crippen molar-refractivity contribution in [2.45, 2.75) is 26.2 Å². The third kappa shape index (κ3) is 4.57. The van der Waals surface area contributed by atoms with E-state index in [1.165, 1.54) is 11.1 Å². The van der Waals surface area contributed by atoms with Crippen LogP contribution in [0.5, 0.6) is 0 Å². The van der Waals surface area contributed by atoms with Crippen molar-refractivity contribution >= 4 is 11.9 Å². The topological polar surface area (TPSA) is 57.6 Å². The summed E-state index contributed by atoms with van der Waals surface area (Å²) in [5, 5.41) is 8.52. The fraction of sp³-hybridized carbons (Fsp3) is 0.429. The zero-order chi connectivity index (χ0) is 13.5. The second-order valence-electron chi connectivity index (χ2n) is 4.39. The van der Waals surface area contributed by atoms with Crippen LogP contribution in [0, 0.1) is 6.92 Å². The Morgan fingerprint density at radius 3 is 2.50 bits per heavy atom. The summed E-state index contributed by atoms with van der Waals surface area (Å²) in [5.74, 6) is -1.05. The van der Waals surface area contributed by atoms with E-state index in [1.54, 1.807) is 11.9 Å². The number of carboxylic acids is 1. The van der Waals surface area contributed by atoms with Crippen molar-refractivity contribution in [2.24, 2.45) is 0 Å². The van der Waals surface area contributed by atoms with Gasteiger partial charge in [-0.2, -0.15) is 0 Å². The number of carbonyl (C=O) groups excluding carboxylic acids is 1. The van der Waals surface area contributed by atoms with Crippen molar-refractivity contribution in [1.29, 1.82) is 0 Å². The van der Waals surface area contributed by atoms with Crippen LogP contribution in [0.1, 0.15) is 24.0 Å². The molecule has 4 heteroatoms. The highest BCUT2D eigenvalue weighted by Crippen LogP contribution is 2.08. The molecule has 0 aliphatic rings. The molecule has 0 bridgehead atoms. The molecular weight excluding hydrogens is 230 g/mol. The van der Waals surface area contributed by atoms with Crippen LogP contribution < -0.4 is 0 Å². The quantitative estimate of drug-likeness (QED) is 0.837. The Balaban J connectivity index is 2.41. The van der Waals surface area contributed by atoms with Crippen LogP contribution in [0.15, 0.2) is 24.3 Å². The molecule has 1 rings (SSSR count). The minimum Gasteiger partial charge on any atom is -0.481 e. The Hall–Kier alpha value is -1.84. The normalized spacial score (nSPS) is 10.1. The smallest absolute Gasteiger partial charge is 0.303 e. The van der Waals surface area contributed by atoms with E-state index >= 15 is 0 Å². The molecule has 0 atom stereocenters. The van der Waals surface area contributed by atoms with Crippen LogP contribution in [0.3, 0.4) is 0 Å². The first-order valence-electron chi connectivity index (χ1n) is 6.01. The average Bonchev–Trinajstić information content (AvgIpc) is 2.34. The van der Waals surface area contributed by atoms with Crippen molar-refractivity contribution < 1.29 is 14.7 Å². The van der Waals surface area contributed by atoms with Crippen LogP contribution in [-0.2, 0) is 16.0 Å². The molecule has 1 aromatic carbocycles. The van der Waals surface area contributed by atoms with Crippen molar-refractivity contribution in [1.82, 2.24) is 4.90 Å². The first-order chi connectivity index (χ1) is 8.50. The van der Waals surface area contributed by atoms with E-state index in [1.807, 2.05) is 31.2 Å². The molecule has 98 valence electrons. The van der Waals surface area contributed by atoms with Crippen LogP contribution in [-0.4, -0.2) is 35.5 Å². The Bertz CT molecular complexity index is 429. The zero-order valence-corrected chi connectivity index (χ0v) is 10.8. The van der Waals surface area contributed by atoms with Crippen molar-refractivity contribution in [3.63, 3.8) is 0 Å². The molecule has 0 aliphatic heterocycles. The molecular formula is C14H19NO3. The van der Waals surface area contributed by atoms with Gasteiger partial charge in [0, 0.05) is 20.0 Å². The summed E-state index contributed by atoms with van der Waals surface area (Å²) in [6.45, 7) is 2.66. The molecule has 18 heavy (non-hydrogen) atoms. The molecule has 0 aliphatic carbocycles. The van der Waals surface area contributed by atoms with Crippen LogP contribution in [0.25, 0.3) is 0 Å². The maximum atomic E-state index is 11.6. The second kappa shape index (κ2) is 6.79. The van der Waals surface area contributed by atoms with Gasteiger partial charge in [0.1, 0.15) is 0 Å². The van der Waals surface area contributed by atoms with E-state index in [0.29, 0.717) is 6.54 Å². The summed E-state index contributed by atoms with van der Waals surface area (Å²) in [6.07, 6.45) is 0.759. The van der Waals surface area contributed by atoms with Gasteiger partial charge in [-0.25, -0.2) is 0 Å². The number of benzene rings is 1. The predicted molar refractivity (Wildman–Crippen MR) is 69.4 cm³/mol. The Morgan fingerprint density at radius 1 is 1.22 bits per heavy atom. The SMILES string of the molecule is Cc1ccccc1CCN(C)C(=O)CCC(=O)O. The number of carboxylic acid groups (broad SMARTS) is 1. The molecule has 1 N–H and O–H groups in total. The average molecular weight is 249 g/mol. The fourth-order valence-electron chi connectivity index (χ4n) is 1.71. The van der Waals surface area contributed by atoms with E-state index < -0.39 is 5.97 Å². The summed E-state index contributed by atoms with van der Waals surface area (Å²) in [6, 6.07) is 8.06. The standard InChI is InChI=1S/C14H19NO3/c1-11-5-3-4-6-12(11)9-10-15(2)13(16)7-8-14(17)18/h3-6H,7-10H2,1-2H3,(H,17,18). The Labute approximate surface area is 107 Å². The molecule has 0 fully saturated rings. The van der Waals surface area contributed by atoms with Crippen LogP contribution >= 0.6 is 0 Å². The van der Waals surface area contributed by atoms with Crippen LogP contribution in [0.4, 0.5) is 0 Å². The highest BCUT2D eigenvalue weighted by molar-refractivity contribution is 5.80. The number of carbonyl (C=O) groups is 2. The molecule has 0 aromatic heterocycles. The number of hydrogen-bond acceptors (Lipinski definition) is 2. The molecule has 0 saturated heterocycles. The first kappa shape index (κ1) is 14.2. The van der Waals surface area contributed by atoms with Crippen molar-refractivity contribution in [3.8, 4) is 0 Å². The fourth-order valence-corrected chi connectivity index (χ4v) is 1.71. The summed E-state index contributed by atoms with van der Waals surface area (Å²) >= 11 is 0. The summed E-state index contributed by atoms with van der Waals surface area (Å²) in [7, 11) is 1.71. The lowest BCUT2D eigenvalue weighted by Gasteiger charge is -2.17. The minimum absolute atomic E-state index is 0.0691. The Kier molecular flexibility index (Phi) is 5.36. The zero-order valence-electron chi connectivity index (χ0n) is 10.8. The molecule has 0 spiro atoms. The highest BCUT2D eigenvalue weighted by atomic mass is 16.4. The Morgan fingerprint density at radius 2 is 1.89 bits per heavy atom. The number of hydrogen-bond donors (Lipinski definition) is 1. The summed E-state index contributed by atoms with van der Waals surface area (Å²) in [5.41, 5.74) is 2.43. The van der Waals surface area contributed by atoms with Gasteiger partial charge in [0.25, 0.3) is 0 Å². The van der Waals surface area contributed by atoms with E-state index in [4.69, 9.17) is 5.11 Å². The number of likely N-dealkylation sites (N-methyl/N-ethyl adjacent to an activating group) is 1. The monoisotopic (exact) mass is 249 g/mol. The number of aryl methyl sites for hydroxylation is 1. The van der Waals surface area contributed by atoms with Gasteiger partial charge in [-0.3, -0.25) is 9.59 Å². The molecule has 0 radical (unpaired) electrons. The van der Waals surface area contributed by atoms with Gasteiger partial charge in [0.2, 0.25) is 5.91 Å². The largest absolute Gasteiger partial charge is 0.481 e. The molecule has 0 saturated carbocycles. The van der Waals surface area contributed by atoms with Gasteiger partial charge < -0.3 is 10.0 Å². The lowest BCUT2D eigenvalue weighted by Crippen LogP contribution is -2.29. The van der Waals surface area contributed by atoms with Gasteiger partial charge in [0.15, 0.2) is 0 Å². The third-order valence-electron chi connectivity index (χ3n) is 2.96. The van der Waals surface area contributed by atoms with E-state index in [2.05, 4.69) is 0 Å². The lowest BCUT2D eigenvalue weighted by molar-refractivity contribution is -0.140. The number of rotatable bonds is 6. The summed E-state index contributed by atoms with van der Waals surface area (Å²) < 4.78 is 0. The maximum absolute atomic E-state index is 11.6. The molecule has 4 nitrogen and oxygen atoms in total. The second-order valence-corrected chi connectivity index (χ2v) is 4.39. The predicted octanol–water partition coefficient (Wildman–Crippen LogP) is 1.86. The highest BCUT2D eigenvalue weighted by Gasteiger charge is 2.10. The van der Waals surface area contributed by atoms with E-state index in [-0.39, 0.29) is 18.7 Å². The molecule has 0 heterocycles. The number of nitrogens with zero attached hydrogens (tertiary/aromatic N) is 1. The van der Waals surface area contributed by atoms with Crippen LogP contribution in [0.2, 0.25) is 0 Å². The number of aliphatic carboxylic acids is 1.